The van der Waals surface area contributed by atoms with Crippen LogP contribution in [0.3, 0.4) is 0 Å². The predicted octanol–water partition coefficient (Wildman–Crippen LogP) is 4.30. The van der Waals surface area contributed by atoms with Crippen LogP contribution in [0.5, 0.6) is 0 Å². The van der Waals surface area contributed by atoms with Crippen molar-refractivity contribution in [3.05, 3.63) is 40.4 Å². The van der Waals surface area contributed by atoms with Gasteiger partial charge in [0.25, 0.3) is 5.91 Å². The molecular formula is C19H22ClFN2O4. The molecule has 2 aromatic rings. The van der Waals surface area contributed by atoms with E-state index in [9.17, 15) is 14.0 Å². The van der Waals surface area contributed by atoms with Crippen molar-refractivity contribution in [2.75, 3.05) is 13.7 Å². The minimum Gasteiger partial charge on any atom is -0.469 e. The maximum Gasteiger partial charge on any atom is 0.305 e. The summed E-state index contributed by atoms with van der Waals surface area (Å²) in [4.78, 5) is 23.5. The Labute approximate surface area is 162 Å². The standard InChI is InChI=1S/C19H22ClFN2O4/c1-12-16(18(23-27-12)17-13(20)8-7-9-14(17)21)19(25)22-11-6-4-3-5-10-15(24)26-2/h7-9H,3-6,10-11H2,1-2H3,(H,22,25). The van der Waals surface area contributed by atoms with Crippen LogP contribution in [0.2, 0.25) is 5.02 Å². The Bertz CT molecular complexity index is 787. The van der Waals surface area contributed by atoms with E-state index in [1.54, 1.807) is 6.92 Å². The van der Waals surface area contributed by atoms with E-state index in [4.69, 9.17) is 16.1 Å². The van der Waals surface area contributed by atoms with Gasteiger partial charge in [-0.05, 0) is 31.9 Å². The molecule has 6 nitrogen and oxygen atoms in total. The fraction of sp³-hybridized carbons (Fsp3) is 0.421. The van der Waals surface area contributed by atoms with Crippen LogP contribution < -0.4 is 5.32 Å². The second-order valence-corrected chi connectivity index (χ2v) is 6.46. The lowest BCUT2D eigenvalue weighted by atomic mass is 10.0. The lowest BCUT2D eigenvalue weighted by Crippen LogP contribution is -2.25. The Balaban J connectivity index is 1.92. The molecule has 0 atom stereocenters. The largest absolute Gasteiger partial charge is 0.469 e. The molecule has 2 rings (SSSR count). The maximum atomic E-state index is 14.2. The number of halogens is 2. The number of aromatic nitrogens is 1. The van der Waals surface area contributed by atoms with Gasteiger partial charge in [0, 0.05) is 13.0 Å². The van der Waals surface area contributed by atoms with Crippen LogP contribution in [0.15, 0.2) is 22.7 Å². The average Bonchev–Trinajstić information content (AvgIpc) is 3.01. The predicted molar refractivity (Wildman–Crippen MR) is 99.1 cm³/mol. The first kappa shape index (κ1) is 20.9. The van der Waals surface area contributed by atoms with Gasteiger partial charge in [0.05, 0.1) is 17.7 Å². The number of unbranched alkanes of at least 4 members (excludes halogenated alkanes) is 3. The zero-order chi connectivity index (χ0) is 19.8. The van der Waals surface area contributed by atoms with Crippen molar-refractivity contribution in [3.8, 4) is 11.3 Å². The molecule has 1 heterocycles. The molecule has 1 amide bonds. The van der Waals surface area contributed by atoms with E-state index in [1.807, 2.05) is 0 Å². The summed E-state index contributed by atoms with van der Waals surface area (Å²) in [6.07, 6.45) is 3.64. The van der Waals surface area contributed by atoms with Crippen LogP contribution in [-0.4, -0.2) is 30.7 Å². The summed E-state index contributed by atoms with van der Waals surface area (Å²) >= 11 is 6.07. The highest BCUT2D eigenvalue weighted by Gasteiger charge is 2.25. The van der Waals surface area contributed by atoms with Gasteiger partial charge in [-0.15, -0.1) is 0 Å². The first-order valence-corrected chi connectivity index (χ1v) is 9.09. The Kier molecular flexibility index (Phi) is 7.79. The first-order chi connectivity index (χ1) is 13.0. The number of nitrogens with zero attached hydrogens (tertiary/aromatic N) is 1. The van der Waals surface area contributed by atoms with Crippen molar-refractivity contribution in [1.82, 2.24) is 10.5 Å². The zero-order valence-electron chi connectivity index (χ0n) is 15.3. The Morgan fingerprint density at radius 3 is 2.70 bits per heavy atom. The molecule has 146 valence electrons. The molecule has 1 aromatic carbocycles. The molecule has 0 fully saturated rings. The quantitative estimate of drug-likeness (QED) is 0.505. The highest BCUT2D eigenvalue weighted by Crippen LogP contribution is 2.33. The fourth-order valence-electron chi connectivity index (χ4n) is 2.67. The van der Waals surface area contributed by atoms with Crippen molar-refractivity contribution in [3.63, 3.8) is 0 Å². The summed E-state index contributed by atoms with van der Waals surface area (Å²) in [5.74, 6) is -0.890. The second-order valence-electron chi connectivity index (χ2n) is 6.06. The molecule has 0 radical (unpaired) electrons. The number of hydrogen-bond acceptors (Lipinski definition) is 5. The number of carbonyl (C=O) groups is 2. The number of ether oxygens (including phenoxy) is 1. The van der Waals surface area contributed by atoms with E-state index < -0.39 is 11.7 Å². The lowest BCUT2D eigenvalue weighted by Gasteiger charge is -2.07. The average molecular weight is 397 g/mol. The van der Waals surface area contributed by atoms with E-state index in [2.05, 4.69) is 15.2 Å². The van der Waals surface area contributed by atoms with Crippen LogP contribution in [0.4, 0.5) is 4.39 Å². The highest BCUT2D eigenvalue weighted by molar-refractivity contribution is 6.33. The molecule has 0 unspecified atom stereocenters. The topological polar surface area (TPSA) is 81.4 Å². The molecule has 1 N–H and O–H groups in total. The summed E-state index contributed by atoms with van der Waals surface area (Å²) in [6.45, 7) is 2.04. The summed E-state index contributed by atoms with van der Waals surface area (Å²) in [7, 11) is 1.37. The number of hydrogen-bond donors (Lipinski definition) is 1. The van der Waals surface area contributed by atoms with Gasteiger partial charge in [0.2, 0.25) is 0 Å². The number of aryl methyl sites for hydroxylation is 1. The summed E-state index contributed by atoms with van der Waals surface area (Å²) in [5.41, 5.74) is 0.308. The summed E-state index contributed by atoms with van der Waals surface area (Å²) < 4.78 is 23.8. The Morgan fingerprint density at radius 2 is 2.00 bits per heavy atom. The first-order valence-electron chi connectivity index (χ1n) is 8.71. The molecule has 0 aliphatic carbocycles. The van der Waals surface area contributed by atoms with Crippen molar-refractivity contribution >= 4 is 23.5 Å². The number of carbonyl (C=O) groups excluding carboxylic acids is 2. The lowest BCUT2D eigenvalue weighted by molar-refractivity contribution is -0.140. The summed E-state index contributed by atoms with van der Waals surface area (Å²) in [5, 5.41) is 6.76. The van der Waals surface area contributed by atoms with Gasteiger partial charge in [0.1, 0.15) is 22.8 Å². The van der Waals surface area contributed by atoms with Crippen LogP contribution in [0.25, 0.3) is 11.3 Å². The van der Waals surface area contributed by atoms with Gasteiger partial charge in [-0.2, -0.15) is 0 Å². The van der Waals surface area contributed by atoms with E-state index >= 15 is 0 Å². The van der Waals surface area contributed by atoms with Crippen molar-refractivity contribution in [2.24, 2.45) is 0 Å². The van der Waals surface area contributed by atoms with Gasteiger partial charge in [0.15, 0.2) is 0 Å². The second kappa shape index (κ2) is 10.1. The molecular weight excluding hydrogens is 375 g/mol. The monoisotopic (exact) mass is 396 g/mol. The third-order valence-corrected chi connectivity index (χ3v) is 4.43. The molecule has 0 aliphatic rings. The molecule has 8 heteroatoms. The van der Waals surface area contributed by atoms with Gasteiger partial charge < -0.3 is 14.6 Å². The van der Waals surface area contributed by atoms with Gasteiger partial charge in [-0.1, -0.05) is 35.7 Å². The molecule has 0 aliphatic heterocycles. The number of rotatable bonds is 9. The van der Waals surface area contributed by atoms with Crippen molar-refractivity contribution in [1.29, 1.82) is 0 Å². The van der Waals surface area contributed by atoms with Crippen molar-refractivity contribution < 1.29 is 23.2 Å². The van der Waals surface area contributed by atoms with Crippen LogP contribution >= 0.6 is 11.6 Å². The van der Waals surface area contributed by atoms with E-state index in [-0.39, 0.29) is 27.8 Å². The fourth-order valence-corrected chi connectivity index (χ4v) is 2.93. The van der Waals surface area contributed by atoms with E-state index in [0.717, 1.165) is 25.7 Å². The van der Waals surface area contributed by atoms with Gasteiger partial charge in [-0.25, -0.2) is 4.39 Å². The molecule has 0 saturated carbocycles. The number of amides is 1. The third kappa shape index (κ3) is 5.53. The SMILES string of the molecule is COC(=O)CCCCCCNC(=O)c1c(-c2c(F)cccc2Cl)noc1C. The normalized spacial score (nSPS) is 10.7. The van der Waals surface area contributed by atoms with Crippen LogP contribution in [-0.2, 0) is 9.53 Å². The van der Waals surface area contributed by atoms with Crippen LogP contribution in [0.1, 0.15) is 48.2 Å². The number of benzene rings is 1. The summed E-state index contributed by atoms with van der Waals surface area (Å²) in [6, 6.07) is 4.26. The Morgan fingerprint density at radius 1 is 1.26 bits per heavy atom. The number of nitrogens with one attached hydrogen (secondary N) is 1. The minimum atomic E-state index is -0.574. The zero-order valence-corrected chi connectivity index (χ0v) is 16.1. The van der Waals surface area contributed by atoms with E-state index in [1.165, 1.54) is 25.3 Å². The molecule has 1 aromatic heterocycles. The maximum absolute atomic E-state index is 14.2. The van der Waals surface area contributed by atoms with Gasteiger partial charge in [-0.3, -0.25) is 9.59 Å². The molecule has 27 heavy (non-hydrogen) atoms. The Hall–Kier alpha value is -2.41. The highest BCUT2D eigenvalue weighted by atomic mass is 35.5. The smallest absolute Gasteiger partial charge is 0.305 e. The van der Waals surface area contributed by atoms with Crippen LogP contribution in [0, 0.1) is 12.7 Å². The molecule has 0 saturated heterocycles. The minimum absolute atomic E-state index is 0.0453. The van der Waals surface area contributed by atoms with Crippen molar-refractivity contribution in [2.45, 2.75) is 39.0 Å². The third-order valence-electron chi connectivity index (χ3n) is 4.11. The molecule has 0 spiro atoms. The number of methoxy groups -OCH3 is 1. The number of esters is 1. The molecule has 0 bridgehead atoms. The van der Waals surface area contributed by atoms with E-state index in [0.29, 0.717) is 18.7 Å². The van der Waals surface area contributed by atoms with Gasteiger partial charge >= 0.3 is 5.97 Å².